The third-order valence-electron chi connectivity index (χ3n) is 1.66. The highest BCUT2D eigenvalue weighted by atomic mass is 35.5. The van der Waals surface area contributed by atoms with Gasteiger partial charge in [0, 0.05) is 6.20 Å². The standard InChI is InChI=1S/C8H4ClNO3/c9-6-4-1-2-13-7(4)10-3-5(6)8(11)12/h1-3H,(H,11,12). The maximum Gasteiger partial charge on any atom is 0.338 e. The average Bonchev–Trinajstić information content (AvgIpc) is 2.52. The van der Waals surface area contributed by atoms with Gasteiger partial charge in [0.05, 0.1) is 22.2 Å². The third kappa shape index (κ3) is 1.15. The summed E-state index contributed by atoms with van der Waals surface area (Å²) in [6.07, 6.45) is 2.59. The number of carboxylic acid groups (broad SMARTS) is 1. The molecule has 1 N–H and O–H groups in total. The van der Waals surface area contributed by atoms with Gasteiger partial charge in [-0.25, -0.2) is 9.78 Å². The zero-order chi connectivity index (χ0) is 9.42. The molecule has 0 saturated heterocycles. The van der Waals surface area contributed by atoms with Crippen LogP contribution in [0.15, 0.2) is 22.9 Å². The summed E-state index contributed by atoms with van der Waals surface area (Å²) in [7, 11) is 0. The average molecular weight is 198 g/mol. The Hall–Kier alpha value is -1.55. The lowest BCUT2D eigenvalue weighted by molar-refractivity contribution is 0.0697. The Morgan fingerprint density at radius 3 is 3.08 bits per heavy atom. The molecule has 2 rings (SSSR count). The van der Waals surface area contributed by atoms with Gasteiger partial charge in [-0.15, -0.1) is 0 Å². The first-order valence-electron chi connectivity index (χ1n) is 3.45. The monoisotopic (exact) mass is 197 g/mol. The van der Waals surface area contributed by atoms with E-state index in [9.17, 15) is 4.79 Å². The molecule has 0 radical (unpaired) electrons. The summed E-state index contributed by atoms with van der Waals surface area (Å²) >= 11 is 5.80. The van der Waals surface area contributed by atoms with Crippen LogP contribution in [0.2, 0.25) is 5.02 Å². The Kier molecular flexibility index (Phi) is 1.70. The summed E-state index contributed by atoms with van der Waals surface area (Å²) in [4.78, 5) is 14.4. The van der Waals surface area contributed by atoms with Crippen LogP contribution in [0.5, 0.6) is 0 Å². The van der Waals surface area contributed by atoms with Crippen LogP contribution in [-0.2, 0) is 0 Å². The van der Waals surface area contributed by atoms with E-state index in [0.717, 1.165) is 0 Å². The van der Waals surface area contributed by atoms with E-state index in [0.29, 0.717) is 11.1 Å². The number of carboxylic acids is 1. The zero-order valence-electron chi connectivity index (χ0n) is 6.32. The molecule has 2 aromatic rings. The molecule has 0 spiro atoms. The number of furan rings is 1. The largest absolute Gasteiger partial charge is 0.478 e. The number of fused-ring (bicyclic) bond motifs is 1. The molecule has 2 aromatic heterocycles. The number of halogens is 1. The fourth-order valence-electron chi connectivity index (χ4n) is 1.04. The maximum absolute atomic E-state index is 10.6. The predicted molar refractivity (Wildman–Crippen MR) is 46.0 cm³/mol. The first-order chi connectivity index (χ1) is 6.20. The molecule has 0 fully saturated rings. The Morgan fingerprint density at radius 1 is 1.62 bits per heavy atom. The Bertz CT molecular complexity index is 477. The van der Waals surface area contributed by atoms with Crippen molar-refractivity contribution in [2.24, 2.45) is 0 Å². The lowest BCUT2D eigenvalue weighted by Gasteiger charge is -1.97. The summed E-state index contributed by atoms with van der Waals surface area (Å²) in [6, 6.07) is 1.58. The van der Waals surface area contributed by atoms with Gasteiger partial charge in [0.2, 0.25) is 5.71 Å². The fourth-order valence-corrected chi connectivity index (χ4v) is 1.32. The molecule has 0 aliphatic carbocycles. The summed E-state index contributed by atoms with van der Waals surface area (Å²) in [6.45, 7) is 0. The van der Waals surface area contributed by atoms with Gasteiger partial charge in [0.1, 0.15) is 0 Å². The van der Waals surface area contributed by atoms with Crippen molar-refractivity contribution in [2.45, 2.75) is 0 Å². The highest BCUT2D eigenvalue weighted by Crippen LogP contribution is 2.25. The van der Waals surface area contributed by atoms with Crippen molar-refractivity contribution in [1.29, 1.82) is 0 Å². The van der Waals surface area contributed by atoms with E-state index in [-0.39, 0.29) is 10.6 Å². The molecule has 0 aliphatic heterocycles. The van der Waals surface area contributed by atoms with E-state index in [1.54, 1.807) is 6.07 Å². The summed E-state index contributed by atoms with van der Waals surface area (Å²) in [5.41, 5.74) is 0.325. The molecule has 0 atom stereocenters. The Balaban J connectivity index is 2.80. The summed E-state index contributed by atoms with van der Waals surface area (Å²) in [5, 5.41) is 9.38. The number of nitrogens with zero attached hydrogens (tertiary/aromatic N) is 1. The minimum atomic E-state index is -1.10. The van der Waals surface area contributed by atoms with Gasteiger partial charge in [0.15, 0.2) is 0 Å². The first kappa shape index (κ1) is 8.07. The third-order valence-corrected chi connectivity index (χ3v) is 2.07. The molecular formula is C8H4ClNO3. The summed E-state index contributed by atoms with van der Waals surface area (Å²) < 4.78 is 4.94. The van der Waals surface area contributed by atoms with Crippen LogP contribution in [0.4, 0.5) is 0 Å². The van der Waals surface area contributed by atoms with Gasteiger partial charge >= 0.3 is 5.97 Å². The van der Waals surface area contributed by atoms with Crippen LogP contribution < -0.4 is 0 Å². The number of aromatic carboxylic acids is 1. The van der Waals surface area contributed by atoms with Gasteiger partial charge in [0.25, 0.3) is 0 Å². The number of pyridine rings is 1. The molecule has 0 amide bonds. The fraction of sp³-hybridized carbons (Fsp3) is 0. The molecule has 4 nitrogen and oxygen atoms in total. The Morgan fingerprint density at radius 2 is 2.38 bits per heavy atom. The molecule has 2 heterocycles. The van der Waals surface area contributed by atoms with Crippen LogP contribution in [0.3, 0.4) is 0 Å². The van der Waals surface area contributed by atoms with E-state index in [1.807, 2.05) is 0 Å². The number of rotatable bonds is 1. The zero-order valence-corrected chi connectivity index (χ0v) is 7.08. The highest BCUT2D eigenvalue weighted by molar-refractivity contribution is 6.37. The quantitative estimate of drug-likeness (QED) is 0.761. The molecule has 0 unspecified atom stereocenters. The van der Waals surface area contributed by atoms with Crippen LogP contribution in [-0.4, -0.2) is 16.1 Å². The van der Waals surface area contributed by atoms with E-state index >= 15 is 0 Å². The van der Waals surface area contributed by atoms with E-state index in [1.165, 1.54) is 12.5 Å². The lowest BCUT2D eigenvalue weighted by atomic mass is 10.2. The van der Waals surface area contributed by atoms with Gasteiger partial charge in [-0.2, -0.15) is 0 Å². The van der Waals surface area contributed by atoms with E-state index in [4.69, 9.17) is 21.1 Å². The van der Waals surface area contributed by atoms with Crippen LogP contribution >= 0.6 is 11.6 Å². The van der Waals surface area contributed by atoms with Crippen molar-refractivity contribution in [3.05, 3.63) is 29.1 Å². The van der Waals surface area contributed by atoms with Gasteiger partial charge in [-0.1, -0.05) is 11.6 Å². The lowest BCUT2D eigenvalue weighted by Crippen LogP contribution is -1.98. The van der Waals surface area contributed by atoms with Crippen molar-refractivity contribution >= 4 is 28.7 Å². The van der Waals surface area contributed by atoms with Crippen molar-refractivity contribution in [3.63, 3.8) is 0 Å². The van der Waals surface area contributed by atoms with Gasteiger partial charge in [-0.05, 0) is 6.07 Å². The van der Waals surface area contributed by atoms with Crippen molar-refractivity contribution in [3.8, 4) is 0 Å². The number of carbonyl (C=O) groups is 1. The smallest absolute Gasteiger partial charge is 0.338 e. The molecule has 0 bridgehead atoms. The number of aromatic nitrogens is 1. The second-order valence-electron chi connectivity index (χ2n) is 2.43. The second-order valence-corrected chi connectivity index (χ2v) is 2.81. The Labute approximate surface area is 77.8 Å². The minimum absolute atomic E-state index is 0.0180. The molecule has 66 valence electrons. The molecule has 5 heteroatoms. The van der Waals surface area contributed by atoms with Crippen LogP contribution in [0.25, 0.3) is 11.1 Å². The normalized spacial score (nSPS) is 10.5. The molecular weight excluding hydrogens is 194 g/mol. The summed E-state index contributed by atoms with van der Waals surface area (Å²) in [5.74, 6) is -1.10. The van der Waals surface area contributed by atoms with Crippen LogP contribution in [0, 0.1) is 0 Å². The molecule has 0 aromatic carbocycles. The SMILES string of the molecule is O=C(O)c1cnc2occc2c1Cl. The number of hydrogen-bond acceptors (Lipinski definition) is 3. The van der Waals surface area contributed by atoms with Gasteiger partial charge < -0.3 is 9.52 Å². The van der Waals surface area contributed by atoms with E-state index < -0.39 is 5.97 Å². The first-order valence-corrected chi connectivity index (χ1v) is 3.83. The predicted octanol–water partition coefficient (Wildman–Crippen LogP) is 2.18. The van der Waals surface area contributed by atoms with Crippen molar-refractivity contribution in [1.82, 2.24) is 4.98 Å². The molecule has 0 aliphatic rings. The minimum Gasteiger partial charge on any atom is -0.478 e. The topological polar surface area (TPSA) is 63.3 Å². The van der Waals surface area contributed by atoms with Crippen molar-refractivity contribution < 1.29 is 14.3 Å². The van der Waals surface area contributed by atoms with Gasteiger partial charge in [-0.3, -0.25) is 0 Å². The molecule has 0 saturated carbocycles. The molecule has 13 heavy (non-hydrogen) atoms. The highest BCUT2D eigenvalue weighted by Gasteiger charge is 2.13. The number of hydrogen-bond donors (Lipinski definition) is 1. The maximum atomic E-state index is 10.6. The van der Waals surface area contributed by atoms with Crippen molar-refractivity contribution in [2.75, 3.05) is 0 Å². The van der Waals surface area contributed by atoms with Crippen LogP contribution in [0.1, 0.15) is 10.4 Å². The second kappa shape index (κ2) is 2.74. The van der Waals surface area contributed by atoms with E-state index in [2.05, 4.69) is 4.98 Å².